The number of carbonyl (C=O) groups excluding carboxylic acids is 4. The molecule has 52 heavy (non-hydrogen) atoms. The molecular weight excluding hydrogens is 680 g/mol. The van der Waals surface area contributed by atoms with Crippen LogP contribution in [0.5, 0.6) is 0 Å². The summed E-state index contributed by atoms with van der Waals surface area (Å²) in [6.07, 6.45) is 4.73. The molecule has 0 rings (SSSR count). The van der Waals surface area contributed by atoms with Crippen molar-refractivity contribution in [2.75, 3.05) is 28.4 Å². The molecular formula is C43H94ClO8+. The predicted molar refractivity (Wildman–Crippen MR) is 234 cm³/mol. The van der Waals surface area contributed by atoms with Gasteiger partial charge >= 0.3 is 17.9 Å². The highest BCUT2D eigenvalue weighted by Crippen LogP contribution is 2.20. The first-order valence-electron chi connectivity index (χ1n) is 18.7. The number of hydrogen-bond acceptors (Lipinski definition) is 7. The van der Waals surface area contributed by atoms with Crippen LogP contribution in [0.1, 0.15) is 171 Å². The number of rotatable bonds is 7. The predicted octanol–water partition coefficient (Wildman–Crippen LogP) is 13.0. The first-order chi connectivity index (χ1) is 23.7. The van der Waals surface area contributed by atoms with Gasteiger partial charge in [0.15, 0.2) is 0 Å². The molecule has 0 saturated heterocycles. The SMILES string of the molecule is C=C(C)C(=O)Cl.C=C(C)C(=O)OC.C=C(C)C(=O)OC.CC.CC.CC(C)C.CC(C)C.CCC.CCC(C)(C)C(=O)OC.CCC(C)CC.C[OH2+]. The van der Waals surface area contributed by atoms with Gasteiger partial charge in [-0.3, -0.25) is 9.59 Å². The lowest BCUT2D eigenvalue weighted by atomic mass is 9.91. The van der Waals surface area contributed by atoms with Gasteiger partial charge in [0.05, 0.1) is 26.7 Å². The molecule has 0 saturated carbocycles. The molecule has 8 nitrogen and oxygen atoms in total. The smallest absolute Gasteiger partial charge is 0.332 e. The largest absolute Gasteiger partial charge is 0.469 e. The monoisotopic (exact) mass is 774 g/mol. The fourth-order valence-corrected chi connectivity index (χ4v) is 1.06. The number of carbonyl (C=O) groups is 4. The van der Waals surface area contributed by atoms with E-state index in [1.165, 1.54) is 47.7 Å². The molecule has 9 heteroatoms. The summed E-state index contributed by atoms with van der Waals surface area (Å²) in [5, 5.41) is 5.29. The quantitative estimate of drug-likeness (QED) is 0.0830. The van der Waals surface area contributed by atoms with Gasteiger partial charge < -0.3 is 19.3 Å². The molecule has 0 spiro atoms. The van der Waals surface area contributed by atoms with Crippen LogP contribution in [0.15, 0.2) is 36.5 Å². The zero-order valence-electron chi connectivity index (χ0n) is 39.4. The van der Waals surface area contributed by atoms with Crippen LogP contribution >= 0.6 is 11.6 Å². The maximum Gasteiger partial charge on any atom is 0.332 e. The summed E-state index contributed by atoms with van der Waals surface area (Å²) >= 11 is 4.87. The minimum atomic E-state index is -0.463. The number of esters is 3. The van der Waals surface area contributed by atoms with Crippen molar-refractivity contribution in [3.63, 3.8) is 0 Å². The van der Waals surface area contributed by atoms with Gasteiger partial charge in [0.2, 0.25) is 5.24 Å². The second-order valence-electron chi connectivity index (χ2n) is 12.4. The lowest BCUT2D eigenvalue weighted by Gasteiger charge is -2.17. The third-order valence-corrected chi connectivity index (χ3v) is 4.74. The molecule has 0 aliphatic rings. The van der Waals surface area contributed by atoms with Crippen molar-refractivity contribution < 1.29 is 38.5 Å². The molecule has 0 aromatic rings. The Hall–Kier alpha value is -2.45. The van der Waals surface area contributed by atoms with Gasteiger partial charge in [-0.05, 0) is 70.4 Å². The van der Waals surface area contributed by atoms with Gasteiger partial charge in [0, 0.05) is 16.7 Å². The minimum absolute atomic E-state index is 0.134. The van der Waals surface area contributed by atoms with E-state index in [1.54, 1.807) is 20.8 Å². The Morgan fingerprint density at radius 3 is 0.808 bits per heavy atom. The standard InChI is InChI=1S/C7H14O2.C6H14.2C5H8O2.C4H5ClO.2C4H10.C3H8.2C2H6.CH4O/c1-5-7(2,3)6(8)9-4;1-4-6(3)5-2;2*1-4(2)5(6)7-3;1-3(2)4(5)6;2*1-4(2)3;1-3-2;3*1-2/h5H2,1-4H3;6H,4-5H2,1-3H3;2*1H2,2-3H3;1H2,2H3;2*4H,1-3H3;3H2,1-2H3;2*1-2H3;2H,1H3/p+1. The highest BCUT2D eigenvalue weighted by molar-refractivity contribution is 6.67. The fourth-order valence-electron chi connectivity index (χ4n) is 1.06. The Labute approximate surface area is 331 Å². The summed E-state index contributed by atoms with van der Waals surface area (Å²) in [5.41, 5.74) is 0.941. The van der Waals surface area contributed by atoms with Gasteiger partial charge in [0.25, 0.3) is 0 Å². The molecule has 0 aliphatic heterocycles. The highest BCUT2D eigenvalue weighted by atomic mass is 35.5. The summed E-state index contributed by atoms with van der Waals surface area (Å²) in [7, 11) is 5.33. The van der Waals surface area contributed by atoms with Crippen molar-refractivity contribution in [3.05, 3.63) is 36.5 Å². The summed E-state index contributed by atoms with van der Waals surface area (Å²) < 4.78 is 13.1. The topological polar surface area (TPSA) is 119 Å². The minimum Gasteiger partial charge on any atom is -0.469 e. The average Bonchev–Trinajstić information content (AvgIpc) is 3.10. The van der Waals surface area contributed by atoms with Crippen LogP contribution in [0, 0.1) is 23.2 Å². The molecule has 0 radical (unpaired) electrons. The summed E-state index contributed by atoms with van der Waals surface area (Å²) in [6.45, 7) is 52.5. The van der Waals surface area contributed by atoms with Gasteiger partial charge in [-0.25, -0.2) is 9.59 Å². The van der Waals surface area contributed by atoms with Crippen LogP contribution in [0.3, 0.4) is 0 Å². The van der Waals surface area contributed by atoms with Crippen LogP contribution in [0.4, 0.5) is 0 Å². The maximum absolute atomic E-state index is 10.8. The van der Waals surface area contributed by atoms with Crippen molar-refractivity contribution >= 4 is 34.8 Å². The molecule has 0 fully saturated rings. The average molecular weight is 775 g/mol. The van der Waals surface area contributed by atoms with E-state index in [4.69, 9.17) is 16.7 Å². The summed E-state index contributed by atoms with van der Waals surface area (Å²) in [5.74, 6) is 1.77. The third-order valence-electron chi connectivity index (χ3n) is 4.42. The van der Waals surface area contributed by atoms with Crippen LogP contribution in [0.25, 0.3) is 0 Å². The first-order valence-corrected chi connectivity index (χ1v) is 19.0. The number of halogens is 1. The Morgan fingerprint density at radius 1 is 0.596 bits per heavy atom. The lowest BCUT2D eigenvalue weighted by Crippen LogP contribution is -2.24. The Bertz CT molecular complexity index is 718. The lowest BCUT2D eigenvalue weighted by molar-refractivity contribution is -0.150. The van der Waals surface area contributed by atoms with E-state index >= 15 is 0 Å². The molecule has 0 amide bonds. The van der Waals surface area contributed by atoms with Crippen LogP contribution < -0.4 is 0 Å². The number of hydrogen-bond donors (Lipinski definition) is 0. The van der Waals surface area contributed by atoms with Crippen molar-refractivity contribution in [2.24, 2.45) is 23.2 Å². The Kier molecular flexibility index (Phi) is 101. The molecule has 0 unspecified atom stereocenters. The van der Waals surface area contributed by atoms with Crippen LogP contribution in [-0.4, -0.2) is 56.7 Å². The van der Waals surface area contributed by atoms with Gasteiger partial charge in [-0.2, -0.15) is 0 Å². The van der Waals surface area contributed by atoms with Crippen molar-refractivity contribution in [1.82, 2.24) is 0 Å². The number of methoxy groups -OCH3 is 3. The summed E-state index contributed by atoms with van der Waals surface area (Å²) in [6, 6.07) is 0. The molecule has 0 aromatic heterocycles. The summed E-state index contributed by atoms with van der Waals surface area (Å²) in [4.78, 5) is 41.0. The molecule has 0 bridgehead atoms. The third kappa shape index (κ3) is 126. The molecule has 320 valence electrons. The van der Waals surface area contributed by atoms with Crippen molar-refractivity contribution in [2.45, 2.75) is 171 Å². The first kappa shape index (κ1) is 78.6. The van der Waals surface area contributed by atoms with E-state index in [2.05, 4.69) is 110 Å². The molecule has 0 heterocycles. The second kappa shape index (κ2) is 66.8. The zero-order valence-corrected chi connectivity index (χ0v) is 40.2. The van der Waals surface area contributed by atoms with Crippen molar-refractivity contribution in [3.8, 4) is 0 Å². The molecule has 2 N–H and O–H groups in total. The second-order valence-corrected chi connectivity index (χ2v) is 12.8. The molecule has 0 aromatic carbocycles. The van der Waals surface area contributed by atoms with E-state index in [0.29, 0.717) is 16.7 Å². The number of allylic oxidation sites excluding steroid dienone is 1. The fraction of sp³-hybridized carbons (Fsp3) is 0.767. The Balaban J connectivity index is -0.0000000408. The maximum atomic E-state index is 10.8. The van der Waals surface area contributed by atoms with Crippen LogP contribution in [-0.2, 0) is 33.4 Å². The number of ether oxygens (including phenoxy) is 3. The van der Waals surface area contributed by atoms with E-state index in [0.717, 1.165) is 24.2 Å². The van der Waals surface area contributed by atoms with Crippen LogP contribution in [0.2, 0.25) is 0 Å². The van der Waals surface area contributed by atoms with Gasteiger partial charge in [0.1, 0.15) is 7.11 Å². The molecule has 0 atom stereocenters. The normalized spacial score (nSPS) is 8.12. The van der Waals surface area contributed by atoms with E-state index < -0.39 is 5.24 Å². The van der Waals surface area contributed by atoms with E-state index in [-0.39, 0.29) is 23.3 Å². The van der Waals surface area contributed by atoms with E-state index in [9.17, 15) is 19.2 Å². The molecule has 0 aliphatic carbocycles. The van der Waals surface area contributed by atoms with Gasteiger partial charge in [-0.1, -0.05) is 150 Å². The van der Waals surface area contributed by atoms with Gasteiger partial charge in [-0.15, -0.1) is 0 Å². The van der Waals surface area contributed by atoms with Crippen molar-refractivity contribution in [1.29, 1.82) is 0 Å². The van der Waals surface area contributed by atoms with E-state index in [1.807, 2.05) is 48.5 Å². The zero-order chi connectivity index (χ0) is 45.2. The Morgan fingerprint density at radius 2 is 0.788 bits per heavy atom. The highest BCUT2D eigenvalue weighted by Gasteiger charge is 2.25.